The van der Waals surface area contributed by atoms with Crippen LogP contribution < -0.4 is 15.5 Å². The van der Waals surface area contributed by atoms with Crippen LogP contribution in [0, 0.1) is 0 Å². The monoisotopic (exact) mass is 262 g/mol. The fraction of sp³-hybridized carbons (Fsp3) is 0.462. The van der Waals surface area contributed by atoms with Crippen LogP contribution in [-0.2, 0) is 9.59 Å². The van der Waals surface area contributed by atoms with Crippen molar-refractivity contribution in [1.82, 2.24) is 10.3 Å². The molecule has 1 unspecified atom stereocenters. The third-order valence-electron chi connectivity index (χ3n) is 3.05. The Labute approximate surface area is 112 Å². The minimum absolute atomic E-state index is 0.185. The van der Waals surface area contributed by atoms with Crippen LogP contribution in [-0.4, -0.2) is 35.9 Å². The maximum absolute atomic E-state index is 11.6. The van der Waals surface area contributed by atoms with Gasteiger partial charge in [-0.2, -0.15) is 0 Å². The summed E-state index contributed by atoms with van der Waals surface area (Å²) in [6, 6.07) is 3.30. The van der Waals surface area contributed by atoms with Crippen molar-refractivity contribution in [2.45, 2.75) is 26.3 Å². The van der Waals surface area contributed by atoms with Gasteiger partial charge in [0.05, 0.1) is 6.54 Å². The number of nitrogens with zero attached hydrogens (tertiary/aromatic N) is 2. The first-order valence-corrected chi connectivity index (χ1v) is 6.42. The van der Waals surface area contributed by atoms with Crippen LogP contribution in [0.4, 0.5) is 11.5 Å². The summed E-state index contributed by atoms with van der Waals surface area (Å²) in [7, 11) is 0. The molecule has 102 valence electrons. The maximum atomic E-state index is 11.6. The minimum atomic E-state index is -0.362. The fourth-order valence-electron chi connectivity index (χ4n) is 1.98. The zero-order valence-corrected chi connectivity index (χ0v) is 11.1. The standard InChI is InChI=1S/C13H18N4O2/c1-3-5-14-11-7-10(4-6-15-11)17-8-12(18)16-13(19)9(17)2/h4,6-7,9H,3,5,8H2,1-2H3,(H,14,15)(H,16,18,19). The molecule has 6 heteroatoms. The average Bonchev–Trinajstić information content (AvgIpc) is 2.41. The van der Waals surface area contributed by atoms with Crippen molar-refractivity contribution in [2.24, 2.45) is 0 Å². The Morgan fingerprint density at radius 2 is 2.32 bits per heavy atom. The number of imide groups is 1. The molecule has 1 aliphatic heterocycles. The van der Waals surface area contributed by atoms with Crippen LogP contribution >= 0.6 is 0 Å². The van der Waals surface area contributed by atoms with E-state index in [1.54, 1.807) is 24.1 Å². The predicted octanol–water partition coefficient (Wildman–Crippen LogP) is 0.755. The predicted molar refractivity (Wildman–Crippen MR) is 73.0 cm³/mol. The molecule has 1 saturated heterocycles. The lowest BCUT2D eigenvalue weighted by Gasteiger charge is -2.33. The highest BCUT2D eigenvalue weighted by Gasteiger charge is 2.30. The zero-order chi connectivity index (χ0) is 13.8. The van der Waals surface area contributed by atoms with Gasteiger partial charge in [0.15, 0.2) is 0 Å². The molecule has 0 radical (unpaired) electrons. The number of piperazine rings is 1. The number of carbonyl (C=O) groups is 2. The van der Waals surface area contributed by atoms with Crippen LogP contribution in [0.15, 0.2) is 18.3 Å². The molecule has 1 aromatic heterocycles. The topological polar surface area (TPSA) is 74.3 Å². The normalized spacial score (nSPS) is 19.3. The van der Waals surface area contributed by atoms with E-state index in [9.17, 15) is 9.59 Å². The van der Waals surface area contributed by atoms with E-state index in [-0.39, 0.29) is 24.4 Å². The Bertz CT molecular complexity index is 489. The fourth-order valence-corrected chi connectivity index (χ4v) is 1.98. The van der Waals surface area contributed by atoms with Gasteiger partial charge >= 0.3 is 0 Å². The SMILES string of the molecule is CCCNc1cc(N2CC(=O)NC(=O)C2C)ccn1. The van der Waals surface area contributed by atoms with Gasteiger partial charge in [0.2, 0.25) is 11.8 Å². The summed E-state index contributed by atoms with van der Waals surface area (Å²) in [5, 5.41) is 5.51. The molecule has 0 saturated carbocycles. The Morgan fingerprint density at radius 3 is 3.05 bits per heavy atom. The molecule has 19 heavy (non-hydrogen) atoms. The Morgan fingerprint density at radius 1 is 1.53 bits per heavy atom. The second kappa shape index (κ2) is 5.69. The summed E-state index contributed by atoms with van der Waals surface area (Å²) in [4.78, 5) is 29.1. The highest BCUT2D eigenvalue weighted by molar-refractivity contribution is 6.04. The van der Waals surface area contributed by atoms with E-state index < -0.39 is 0 Å². The van der Waals surface area contributed by atoms with E-state index in [1.807, 2.05) is 6.07 Å². The molecule has 1 atom stereocenters. The lowest BCUT2D eigenvalue weighted by atomic mass is 10.1. The minimum Gasteiger partial charge on any atom is -0.370 e. The first kappa shape index (κ1) is 13.3. The van der Waals surface area contributed by atoms with E-state index >= 15 is 0 Å². The molecule has 2 amide bonds. The molecule has 1 fully saturated rings. The highest BCUT2D eigenvalue weighted by atomic mass is 16.2. The summed E-state index contributed by atoms with van der Waals surface area (Å²) in [5.74, 6) is 0.212. The summed E-state index contributed by atoms with van der Waals surface area (Å²) in [6.45, 7) is 4.88. The van der Waals surface area contributed by atoms with Crippen molar-refractivity contribution in [2.75, 3.05) is 23.3 Å². The molecule has 0 aromatic carbocycles. The number of hydrogen-bond donors (Lipinski definition) is 2. The molecule has 2 rings (SSSR count). The zero-order valence-electron chi connectivity index (χ0n) is 11.1. The van der Waals surface area contributed by atoms with Crippen LogP contribution in [0.25, 0.3) is 0 Å². The number of aromatic nitrogens is 1. The number of hydrogen-bond acceptors (Lipinski definition) is 5. The molecule has 2 N–H and O–H groups in total. The summed E-state index contributed by atoms with van der Waals surface area (Å²) < 4.78 is 0. The number of rotatable bonds is 4. The Hall–Kier alpha value is -2.11. The largest absolute Gasteiger partial charge is 0.370 e. The van der Waals surface area contributed by atoms with E-state index in [0.29, 0.717) is 0 Å². The van der Waals surface area contributed by atoms with Crippen molar-refractivity contribution in [3.63, 3.8) is 0 Å². The van der Waals surface area contributed by atoms with Crippen LogP contribution in [0.3, 0.4) is 0 Å². The van der Waals surface area contributed by atoms with E-state index in [1.165, 1.54) is 0 Å². The quantitative estimate of drug-likeness (QED) is 0.783. The first-order chi connectivity index (χ1) is 9.11. The second-order valence-electron chi connectivity index (χ2n) is 4.54. The first-order valence-electron chi connectivity index (χ1n) is 6.42. The lowest BCUT2D eigenvalue weighted by molar-refractivity contribution is -0.132. The number of amides is 2. The van der Waals surface area contributed by atoms with Gasteiger partial charge in [0.25, 0.3) is 0 Å². The van der Waals surface area contributed by atoms with Gasteiger partial charge in [-0.15, -0.1) is 0 Å². The Kier molecular flexibility index (Phi) is 3.99. The van der Waals surface area contributed by atoms with Crippen molar-refractivity contribution in [3.05, 3.63) is 18.3 Å². The van der Waals surface area contributed by atoms with E-state index in [2.05, 4.69) is 22.5 Å². The average molecular weight is 262 g/mol. The maximum Gasteiger partial charge on any atom is 0.249 e. The van der Waals surface area contributed by atoms with Crippen molar-refractivity contribution in [1.29, 1.82) is 0 Å². The van der Waals surface area contributed by atoms with Gasteiger partial charge in [0, 0.05) is 24.5 Å². The van der Waals surface area contributed by atoms with Gasteiger partial charge in [-0.25, -0.2) is 4.98 Å². The van der Waals surface area contributed by atoms with Crippen LogP contribution in [0.2, 0.25) is 0 Å². The number of nitrogens with one attached hydrogen (secondary N) is 2. The highest BCUT2D eigenvalue weighted by Crippen LogP contribution is 2.21. The number of pyridine rings is 1. The number of carbonyl (C=O) groups excluding carboxylic acids is 2. The molecule has 0 bridgehead atoms. The van der Waals surface area contributed by atoms with Gasteiger partial charge in [-0.1, -0.05) is 6.92 Å². The molecule has 1 aliphatic rings. The van der Waals surface area contributed by atoms with Crippen molar-refractivity contribution < 1.29 is 9.59 Å². The van der Waals surface area contributed by atoms with Crippen molar-refractivity contribution in [3.8, 4) is 0 Å². The Balaban J connectivity index is 2.20. The van der Waals surface area contributed by atoms with E-state index in [0.717, 1.165) is 24.5 Å². The lowest BCUT2D eigenvalue weighted by Crippen LogP contribution is -2.57. The molecule has 0 spiro atoms. The second-order valence-corrected chi connectivity index (χ2v) is 4.54. The third kappa shape index (κ3) is 3.01. The van der Waals surface area contributed by atoms with Gasteiger partial charge < -0.3 is 10.2 Å². The smallest absolute Gasteiger partial charge is 0.249 e. The van der Waals surface area contributed by atoms with Gasteiger partial charge in [0.1, 0.15) is 11.9 Å². The third-order valence-corrected chi connectivity index (χ3v) is 3.05. The van der Waals surface area contributed by atoms with Crippen molar-refractivity contribution >= 4 is 23.3 Å². The molecular formula is C13H18N4O2. The molecule has 2 heterocycles. The van der Waals surface area contributed by atoms with E-state index in [4.69, 9.17) is 0 Å². The molecule has 6 nitrogen and oxygen atoms in total. The molecule has 0 aliphatic carbocycles. The van der Waals surface area contributed by atoms with Gasteiger partial charge in [-0.05, 0) is 19.4 Å². The summed E-state index contributed by atoms with van der Waals surface area (Å²) in [6.07, 6.45) is 2.68. The summed E-state index contributed by atoms with van der Waals surface area (Å²) in [5.41, 5.74) is 0.823. The molecule has 1 aromatic rings. The van der Waals surface area contributed by atoms with Crippen LogP contribution in [0.1, 0.15) is 20.3 Å². The van der Waals surface area contributed by atoms with Gasteiger partial charge in [-0.3, -0.25) is 14.9 Å². The van der Waals surface area contributed by atoms with Crippen LogP contribution in [0.5, 0.6) is 0 Å². The number of anilines is 2. The summed E-state index contributed by atoms with van der Waals surface area (Å²) >= 11 is 0. The molecular weight excluding hydrogens is 244 g/mol.